The van der Waals surface area contributed by atoms with Gasteiger partial charge in [-0.1, -0.05) is 22.4 Å². The molecule has 0 unspecified atom stereocenters. The van der Waals surface area contributed by atoms with E-state index >= 15 is 0 Å². The second-order valence-electron chi connectivity index (χ2n) is 5.62. The summed E-state index contributed by atoms with van der Waals surface area (Å²) in [5.74, 6) is 0.522. The normalized spacial score (nSPS) is 11.8. The second-order valence-corrected chi connectivity index (χ2v) is 5.62. The maximum absolute atomic E-state index is 12.1. The number of hydrogen-bond donors (Lipinski definition) is 0. The maximum Gasteiger partial charge on any atom is 0.360 e. The van der Waals surface area contributed by atoms with Crippen molar-refractivity contribution in [1.82, 2.24) is 9.97 Å². The van der Waals surface area contributed by atoms with Crippen molar-refractivity contribution >= 4 is 17.4 Å². The summed E-state index contributed by atoms with van der Waals surface area (Å²) in [6.07, 6.45) is 0. The van der Waals surface area contributed by atoms with Crippen molar-refractivity contribution in [2.24, 2.45) is 10.3 Å². The molecule has 0 saturated carbocycles. The van der Waals surface area contributed by atoms with Crippen molar-refractivity contribution < 1.29 is 23.9 Å². The average Bonchev–Trinajstić information content (AvgIpc) is 2.68. The van der Waals surface area contributed by atoms with Gasteiger partial charge >= 0.3 is 5.97 Å². The molecule has 0 N–H and O–H groups in total. The molecule has 1 aromatic heterocycles. The van der Waals surface area contributed by atoms with Gasteiger partial charge in [0.1, 0.15) is 31.5 Å². The molecule has 0 spiro atoms. The number of carbonyl (C=O) groups is 1. The highest BCUT2D eigenvalue weighted by Gasteiger charge is 2.22. The molecule has 0 fully saturated rings. The first-order valence-electron chi connectivity index (χ1n) is 8.33. The van der Waals surface area contributed by atoms with Gasteiger partial charge in [-0.2, -0.15) is 4.98 Å². The predicted octanol–water partition coefficient (Wildman–Crippen LogP) is 2.78. The summed E-state index contributed by atoms with van der Waals surface area (Å²) in [4.78, 5) is 30.5. The van der Waals surface area contributed by atoms with Crippen LogP contribution >= 0.6 is 0 Å². The van der Waals surface area contributed by atoms with Crippen molar-refractivity contribution in [3.8, 4) is 11.6 Å². The van der Waals surface area contributed by atoms with Crippen LogP contribution in [0.1, 0.15) is 29.6 Å². The van der Waals surface area contributed by atoms with E-state index in [0.717, 1.165) is 0 Å². The monoisotopic (exact) mass is 386 g/mol. The summed E-state index contributed by atoms with van der Waals surface area (Å²) < 4.78 is 10.8. The SMILES string of the molecule is CO/N=C(/C)c1nc(C)nc(Oc2ccccc2/C(=N\OC)C(=O)OC)c1C. The Labute approximate surface area is 163 Å². The molecule has 0 radical (unpaired) electrons. The highest BCUT2D eigenvalue weighted by atomic mass is 16.6. The van der Waals surface area contributed by atoms with Crippen LogP contribution in [0.4, 0.5) is 0 Å². The number of esters is 1. The van der Waals surface area contributed by atoms with E-state index in [1.807, 2.05) is 6.92 Å². The van der Waals surface area contributed by atoms with Crippen LogP contribution in [0.5, 0.6) is 11.6 Å². The molecule has 1 heterocycles. The fraction of sp³-hybridized carbons (Fsp3) is 0.316. The van der Waals surface area contributed by atoms with Gasteiger partial charge in [0.25, 0.3) is 0 Å². The van der Waals surface area contributed by atoms with Crippen molar-refractivity contribution in [2.75, 3.05) is 21.3 Å². The highest BCUT2D eigenvalue weighted by Crippen LogP contribution is 2.28. The molecular weight excluding hydrogens is 364 g/mol. The number of nitrogens with zero attached hydrogens (tertiary/aromatic N) is 4. The first-order valence-corrected chi connectivity index (χ1v) is 8.33. The Morgan fingerprint density at radius 3 is 2.32 bits per heavy atom. The lowest BCUT2D eigenvalue weighted by Crippen LogP contribution is -2.18. The second kappa shape index (κ2) is 9.45. The van der Waals surface area contributed by atoms with Crippen LogP contribution in [-0.4, -0.2) is 48.7 Å². The summed E-state index contributed by atoms with van der Waals surface area (Å²) in [7, 11) is 4.07. The number of aromatic nitrogens is 2. The number of benzene rings is 1. The molecule has 0 saturated heterocycles. The quantitative estimate of drug-likeness (QED) is 0.409. The fourth-order valence-electron chi connectivity index (χ4n) is 2.47. The van der Waals surface area contributed by atoms with E-state index in [2.05, 4.69) is 20.3 Å². The molecule has 2 aromatic rings. The number of ether oxygens (including phenoxy) is 2. The number of hydrogen-bond acceptors (Lipinski definition) is 9. The molecule has 0 aliphatic carbocycles. The van der Waals surface area contributed by atoms with E-state index in [1.54, 1.807) is 38.1 Å². The summed E-state index contributed by atoms with van der Waals surface area (Å²) in [6.45, 7) is 5.33. The maximum atomic E-state index is 12.1. The molecule has 0 aliphatic heterocycles. The molecule has 0 atom stereocenters. The average molecular weight is 386 g/mol. The topological polar surface area (TPSA) is 104 Å². The predicted molar refractivity (Wildman–Crippen MR) is 103 cm³/mol. The summed E-state index contributed by atoms with van der Waals surface area (Å²) in [5, 5.41) is 7.69. The molecule has 9 heteroatoms. The Bertz CT molecular complexity index is 925. The minimum atomic E-state index is -0.655. The van der Waals surface area contributed by atoms with Gasteiger partial charge in [-0.15, -0.1) is 0 Å². The number of carbonyl (C=O) groups excluding carboxylic acids is 1. The van der Waals surface area contributed by atoms with Crippen LogP contribution in [-0.2, 0) is 19.2 Å². The Kier molecular flexibility index (Phi) is 7.02. The number of para-hydroxylation sites is 1. The molecule has 0 amide bonds. The lowest BCUT2D eigenvalue weighted by Gasteiger charge is -2.14. The summed E-state index contributed by atoms with van der Waals surface area (Å²) in [6, 6.07) is 6.87. The molecule has 1 aromatic carbocycles. The van der Waals surface area contributed by atoms with Gasteiger partial charge in [-0.05, 0) is 32.9 Å². The van der Waals surface area contributed by atoms with Crippen molar-refractivity contribution in [1.29, 1.82) is 0 Å². The van der Waals surface area contributed by atoms with Crippen LogP contribution in [0, 0.1) is 13.8 Å². The van der Waals surface area contributed by atoms with Crippen molar-refractivity contribution in [3.05, 3.63) is 46.9 Å². The largest absolute Gasteiger partial charge is 0.464 e. The van der Waals surface area contributed by atoms with Gasteiger partial charge in [0, 0.05) is 5.56 Å². The zero-order chi connectivity index (χ0) is 20.7. The van der Waals surface area contributed by atoms with E-state index in [9.17, 15) is 4.79 Å². The highest BCUT2D eigenvalue weighted by molar-refractivity contribution is 6.43. The number of oxime groups is 2. The van der Waals surface area contributed by atoms with Crippen LogP contribution in [0.15, 0.2) is 34.6 Å². The molecule has 9 nitrogen and oxygen atoms in total. The van der Waals surface area contributed by atoms with E-state index in [-0.39, 0.29) is 5.71 Å². The summed E-state index contributed by atoms with van der Waals surface area (Å²) in [5.41, 5.74) is 2.22. The lowest BCUT2D eigenvalue weighted by atomic mass is 10.1. The van der Waals surface area contributed by atoms with Gasteiger partial charge in [0.2, 0.25) is 5.88 Å². The van der Waals surface area contributed by atoms with Crippen LogP contribution in [0.3, 0.4) is 0 Å². The Morgan fingerprint density at radius 2 is 1.68 bits per heavy atom. The zero-order valence-electron chi connectivity index (χ0n) is 16.6. The van der Waals surface area contributed by atoms with Gasteiger partial charge < -0.3 is 19.1 Å². The van der Waals surface area contributed by atoms with E-state index < -0.39 is 5.97 Å². The first kappa shape index (κ1) is 20.8. The molecule has 148 valence electrons. The Morgan fingerprint density at radius 1 is 1.00 bits per heavy atom. The minimum absolute atomic E-state index is 0.0265. The van der Waals surface area contributed by atoms with E-state index in [1.165, 1.54) is 21.3 Å². The van der Waals surface area contributed by atoms with Gasteiger partial charge in [0.15, 0.2) is 5.71 Å². The van der Waals surface area contributed by atoms with Crippen molar-refractivity contribution in [3.63, 3.8) is 0 Å². The Balaban J connectivity index is 2.55. The fourth-order valence-corrected chi connectivity index (χ4v) is 2.47. The van der Waals surface area contributed by atoms with E-state index in [4.69, 9.17) is 19.1 Å². The van der Waals surface area contributed by atoms with Gasteiger partial charge in [-0.3, -0.25) is 0 Å². The third-order valence-corrected chi connectivity index (χ3v) is 3.69. The summed E-state index contributed by atoms with van der Waals surface area (Å²) >= 11 is 0. The molecule has 28 heavy (non-hydrogen) atoms. The van der Waals surface area contributed by atoms with Crippen LogP contribution in [0.2, 0.25) is 0 Å². The lowest BCUT2D eigenvalue weighted by molar-refractivity contribution is -0.132. The number of methoxy groups -OCH3 is 1. The number of rotatable bonds is 7. The van der Waals surface area contributed by atoms with E-state index in [0.29, 0.717) is 40.0 Å². The number of aryl methyl sites for hydroxylation is 1. The molecule has 2 rings (SSSR count). The van der Waals surface area contributed by atoms with Crippen molar-refractivity contribution in [2.45, 2.75) is 20.8 Å². The smallest absolute Gasteiger partial charge is 0.360 e. The van der Waals surface area contributed by atoms with Gasteiger partial charge in [-0.25, -0.2) is 9.78 Å². The Hall–Kier alpha value is -3.49. The molecule has 0 aliphatic rings. The zero-order valence-corrected chi connectivity index (χ0v) is 16.6. The minimum Gasteiger partial charge on any atom is -0.464 e. The third-order valence-electron chi connectivity index (χ3n) is 3.69. The molecular formula is C19H22N4O5. The first-order chi connectivity index (χ1) is 13.4. The van der Waals surface area contributed by atoms with Crippen LogP contribution < -0.4 is 4.74 Å². The van der Waals surface area contributed by atoms with Gasteiger partial charge in [0.05, 0.1) is 18.4 Å². The standard InChI is InChI=1S/C19H22N4O5/c1-11-16(12(2)22-26-5)20-13(3)21-18(11)28-15-10-8-7-9-14(15)17(23-27-6)19(24)25-4/h7-10H,1-6H3/b22-12-,23-17+. The molecule has 0 bridgehead atoms. The van der Waals surface area contributed by atoms with Crippen LogP contribution in [0.25, 0.3) is 0 Å². The third kappa shape index (κ3) is 4.61.